The van der Waals surface area contributed by atoms with Gasteiger partial charge in [-0.1, -0.05) is 42.5 Å². The van der Waals surface area contributed by atoms with E-state index in [1.54, 1.807) is 0 Å². The molecule has 136 valence electrons. The maximum absolute atomic E-state index is 12.4. The fourth-order valence-corrected chi connectivity index (χ4v) is 3.95. The topological polar surface area (TPSA) is 73.6 Å². The Bertz CT molecular complexity index is 772. The Kier molecular flexibility index (Phi) is 4.55. The Morgan fingerprint density at radius 1 is 1.08 bits per heavy atom. The number of para-hydroxylation sites is 2. The van der Waals surface area contributed by atoms with Gasteiger partial charge >= 0.3 is 0 Å². The van der Waals surface area contributed by atoms with Crippen molar-refractivity contribution in [3.63, 3.8) is 0 Å². The molecule has 3 N–H and O–H groups in total. The van der Waals surface area contributed by atoms with Gasteiger partial charge in [-0.15, -0.1) is 0 Å². The van der Waals surface area contributed by atoms with Crippen LogP contribution in [0.1, 0.15) is 24.8 Å². The van der Waals surface area contributed by atoms with Crippen LogP contribution in [0.25, 0.3) is 0 Å². The van der Waals surface area contributed by atoms with Crippen LogP contribution in [-0.4, -0.2) is 31.2 Å². The summed E-state index contributed by atoms with van der Waals surface area (Å²) in [5.74, 6) is 1.44. The number of ether oxygens (including phenoxy) is 2. The zero-order chi connectivity index (χ0) is 18.0. The summed E-state index contributed by atoms with van der Waals surface area (Å²) < 4.78 is 11.5. The van der Waals surface area contributed by atoms with Gasteiger partial charge in [-0.25, -0.2) is 0 Å². The summed E-state index contributed by atoms with van der Waals surface area (Å²) in [5, 5.41) is 3.12. The Balaban J connectivity index is 1.29. The van der Waals surface area contributed by atoms with Gasteiger partial charge in [0.2, 0.25) is 5.91 Å². The number of carbonyl (C=O) groups excluding carboxylic acids is 1. The number of hydrogen-bond acceptors (Lipinski definition) is 4. The average molecular weight is 352 g/mol. The Hall–Kier alpha value is -2.53. The zero-order valence-corrected chi connectivity index (χ0v) is 14.7. The number of rotatable bonds is 5. The predicted octanol–water partition coefficient (Wildman–Crippen LogP) is 2.39. The van der Waals surface area contributed by atoms with Crippen LogP contribution in [0.15, 0.2) is 54.6 Å². The molecule has 0 spiro atoms. The van der Waals surface area contributed by atoms with Crippen molar-refractivity contribution < 1.29 is 14.3 Å². The first-order chi connectivity index (χ1) is 12.7. The highest BCUT2D eigenvalue weighted by Crippen LogP contribution is 2.43. The van der Waals surface area contributed by atoms with Crippen LogP contribution in [-0.2, 0) is 10.2 Å². The molecule has 0 bridgehead atoms. The highest BCUT2D eigenvalue weighted by molar-refractivity contribution is 5.77. The molecule has 1 amide bonds. The molecule has 1 heterocycles. The minimum Gasteiger partial charge on any atom is -0.486 e. The van der Waals surface area contributed by atoms with Crippen molar-refractivity contribution in [2.45, 2.75) is 36.8 Å². The van der Waals surface area contributed by atoms with Crippen LogP contribution < -0.4 is 20.5 Å². The second-order valence-corrected chi connectivity index (χ2v) is 7.22. The molecule has 2 aromatic rings. The summed E-state index contributed by atoms with van der Waals surface area (Å²) in [6.45, 7) is 0.992. The Morgan fingerprint density at radius 3 is 2.50 bits per heavy atom. The number of hydrogen-bond donors (Lipinski definition) is 2. The number of amides is 1. The first-order valence-electron chi connectivity index (χ1n) is 9.12. The molecule has 4 rings (SSSR count). The highest BCUT2D eigenvalue weighted by atomic mass is 16.6. The van der Waals surface area contributed by atoms with E-state index in [9.17, 15) is 4.79 Å². The molecule has 2 aromatic carbocycles. The van der Waals surface area contributed by atoms with Crippen molar-refractivity contribution in [3.8, 4) is 11.5 Å². The number of nitrogens with one attached hydrogen (secondary N) is 1. The lowest BCUT2D eigenvalue weighted by Gasteiger charge is -2.48. The summed E-state index contributed by atoms with van der Waals surface area (Å²) in [6.07, 6.45) is 1.80. The van der Waals surface area contributed by atoms with Crippen LogP contribution in [0.2, 0.25) is 0 Å². The van der Waals surface area contributed by atoms with E-state index >= 15 is 0 Å². The molecule has 0 saturated heterocycles. The van der Waals surface area contributed by atoms with Crippen molar-refractivity contribution in [1.82, 2.24) is 5.32 Å². The van der Waals surface area contributed by atoms with Crippen molar-refractivity contribution >= 4 is 5.91 Å². The summed E-state index contributed by atoms with van der Waals surface area (Å²) in [4.78, 5) is 12.4. The van der Waals surface area contributed by atoms with Gasteiger partial charge in [0.1, 0.15) is 12.7 Å². The van der Waals surface area contributed by atoms with Gasteiger partial charge in [-0.05, 0) is 30.5 Å². The third-order valence-corrected chi connectivity index (χ3v) is 5.40. The minimum absolute atomic E-state index is 0.00154. The van der Waals surface area contributed by atoms with Crippen molar-refractivity contribution in [2.75, 3.05) is 13.2 Å². The Morgan fingerprint density at radius 2 is 1.77 bits per heavy atom. The Labute approximate surface area is 153 Å². The lowest BCUT2D eigenvalue weighted by Crippen LogP contribution is -2.56. The fourth-order valence-electron chi connectivity index (χ4n) is 3.95. The summed E-state index contributed by atoms with van der Waals surface area (Å²) in [7, 11) is 0. The second kappa shape index (κ2) is 7.00. The summed E-state index contributed by atoms with van der Waals surface area (Å²) >= 11 is 0. The van der Waals surface area contributed by atoms with Crippen molar-refractivity contribution in [2.24, 2.45) is 5.73 Å². The first kappa shape index (κ1) is 16.9. The van der Waals surface area contributed by atoms with E-state index in [1.165, 1.54) is 5.56 Å². The van der Waals surface area contributed by atoms with E-state index in [0.717, 1.165) is 18.6 Å². The van der Waals surface area contributed by atoms with E-state index in [4.69, 9.17) is 15.2 Å². The van der Waals surface area contributed by atoms with Crippen LogP contribution >= 0.6 is 0 Å². The lowest BCUT2D eigenvalue weighted by molar-refractivity contribution is -0.125. The van der Waals surface area contributed by atoms with E-state index in [2.05, 4.69) is 17.4 Å². The predicted molar refractivity (Wildman–Crippen MR) is 99.3 cm³/mol. The van der Waals surface area contributed by atoms with E-state index < -0.39 is 0 Å². The maximum Gasteiger partial charge on any atom is 0.224 e. The van der Waals surface area contributed by atoms with Crippen molar-refractivity contribution in [1.29, 1.82) is 0 Å². The number of carbonyl (C=O) groups is 1. The molecule has 5 heteroatoms. The van der Waals surface area contributed by atoms with Gasteiger partial charge in [0, 0.05) is 18.0 Å². The van der Waals surface area contributed by atoms with Crippen LogP contribution in [0, 0.1) is 0 Å². The van der Waals surface area contributed by atoms with Crippen LogP contribution in [0.4, 0.5) is 0 Å². The maximum atomic E-state index is 12.4. The molecule has 1 aliphatic heterocycles. The molecule has 26 heavy (non-hydrogen) atoms. The molecule has 0 radical (unpaired) electrons. The van der Waals surface area contributed by atoms with E-state index in [1.807, 2.05) is 42.5 Å². The molecule has 1 saturated carbocycles. The third-order valence-electron chi connectivity index (χ3n) is 5.40. The molecule has 2 aliphatic rings. The van der Waals surface area contributed by atoms with Crippen LogP contribution in [0.5, 0.6) is 11.5 Å². The van der Waals surface area contributed by atoms with E-state index in [0.29, 0.717) is 25.3 Å². The van der Waals surface area contributed by atoms with Gasteiger partial charge in [0.25, 0.3) is 0 Å². The quantitative estimate of drug-likeness (QED) is 0.867. The SMILES string of the molecule is NCC1(c2ccccc2)CC(NC(=O)C[C@H]2COc3ccccc3O2)C1. The monoisotopic (exact) mass is 352 g/mol. The highest BCUT2D eigenvalue weighted by Gasteiger charge is 2.45. The van der Waals surface area contributed by atoms with Crippen molar-refractivity contribution in [3.05, 3.63) is 60.2 Å². The van der Waals surface area contributed by atoms with E-state index in [-0.39, 0.29) is 23.5 Å². The van der Waals surface area contributed by atoms with Gasteiger partial charge in [0.05, 0.1) is 6.42 Å². The van der Waals surface area contributed by atoms with Gasteiger partial charge in [-0.2, -0.15) is 0 Å². The molecule has 0 unspecified atom stereocenters. The number of benzene rings is 2. The molecule has 1 atom stereocenters. The summed E-state index contributed by atoms with van der Waals surface area (Å²) in [5.41, 5.74) is 7.29. The molecular formula is C21H24N2O3. The lowest BCUT2D eigenvalue weighted by atomic mass is 9.61. The van der Waals surface area contributed by atoms with Crippen LogP contribution in [0.3, 0.4) is 0 Å². The van der Waals surface area contributed by atoms with Gasteiger partial charge in [0.15, 0.2) is 11.5 Å². The minimum atomic E-state index is -0.252. The largest absolute Gasteiger partial charge is 0.486 e. The normalized spacial score (nSPS) is 26.7. The average Bonchev–Trinajstić information content (AvgIpc) is 2.65. The standard InChI is InChI=1S/C21H24N2O3/c22-14-21(15-6-2-1-3-7-15)11-16(12-21)23-20(24)10-17-13-25-18-8-4-5-9-19(18)26-17/h1-9,16-17H,10-14,22H2,(H,23,24)/t16?,17-,21?/m0/s1. The smallest absolute Gasteiger partial charge is 0.224 e. The number of nitrogens with two attached hydrogens (primary N) is 1. The van der Waals surface area contributed by atoms with Gasteiger partial charge in [-0.3, -0.25) is 4.79 Å². The second-order valence-electron chi connectivity index (χ2n) is 7.22. The molecule has 0 aromatic heterocycles. The fraction of sp³-hybridized carbons (Fsp3) is 0.381. The first-order valence-corrected chi connectivity index (χ1v) is 9.12. The zero-order valence-electron chi connectivity index (χ0n) is 14.7. The molecule has 5 nitrogen and oxygen atoms in total. The molecule has 1 fully saturated rings. The molecular weight excluding hydrogens is 328 g/mol. The van der Waals surface area contributed by atoms with Gasteiger partial charge < -0.3 is 20.5 Å². The third kappa shape index (κ3) is 3.27. The molecule has 1 aliphatic carbocycles. The summed E-state index contributed by atoms with van der Waals surface area (Å²) in [6, 6.07) is 18.0. The number of fused-ring (bicyclic) bond motifs is 1.